The van der Waals surface area contributed by atoms with E-state index in [1.165, 1.54) is 0 Å². The number of hydrogen-bond acceptors (Lipinski definition) is 3. The molecule has 0 aromatic heterocycles. The SMILES string of the molecule is CCOC(Cc1ccccc1)=NNC(N)=S. The summed E-state index contributed by atoms with van der Waals surface area (Å²) in [6, 6.07) is 9.93. The maximum Gasteiger partial charge on any atom is 0.210 e. The molecule has 0 aliphatic heterocycles. The summed E-state index contributed by atoms with van der Waals surface area (Å²) in [5.41, 5.74) is 8.94. The van der Waals surface area contributed by atoms with Crippen molar-refractivity contribution in [3.05, 3.63) is 35.9 Å². The second-order valence-corrected chi connectivity index (χ2v) is 3.52. The first-order valence-electron chi connectivity index (χ1n) is 5.01. The Morgan fingerprint density at radius 1 is 1.44 bits per heavy atom. The molecule has 0 atom stereocenters. The van der Waals surface area contributed by atoms with E-state index < -0.39 is 0 Å². The van der Waals surface area contributed by atoms with Crippen LogP contribution in [-0.2, 0) is 11.2 Å². The van der Waals surface area contributed by atoms with Crippen molar-refractivity contribution in [2.45, 2.75) is 13.3 Å². The van der Waals surface area contributed by atoms with Gasteiger partial charge in [0.2, 0.25) is 5.90 Å². The van der Waals surface area contributed by atoms with Gasteiger partial charge in [-0.15, -0.1) is 5.10 Å². The second-order valence-electron chi connectivity index (χ2n) is 3.08. The van der Waals surface area contributed by atoms with Gasteiger partial charge in [0.25, 0.3) is 0 Å². The van der Waals surface area contributed by atoms with E-state index in [-0.39, 0.29) is 5.11 Å². The van der Waals surface area contributed by atoms with Gasteiger partial charge in [-0.3, -0.25) is 5.43 Å². The van der Waals surface area contributed by atoms with Gasteiger partial charge in [-0.1, -0.05) is 30.3 Å². The zero-order chi connectivity index (χ0) is 11.8. The molecule has 0 bridgehead atoms. The van der Waals surface area contributed by atoms with Crippen LogP contribution in [0.25, 0.3) is 0 Å². The number of nitrogens with one attached hydrogen (secondary N) is 1. The standard InChI is InChI=1S/C11H15N3OS/c1-2-15-10(13-14-11(12)16)8-9-6-4-3-5-7-9/h3-7H,2,8H2,1H3,(H3,12,14,16). The van der Waals surface area contributed by atoms with E-state index in [9.17, 15) is 0 Å². The average molecular weight is 237 g/mol. The van der Waals surface area contributed by atoms with Gasteiger partial charge in [-0.2, -0.15) is 0 Å². The van der Waals surface area contributed by atoms with Gasteiger partial charge in [0.15, 0.2) is 5.11 Å². The number of hydrogen-bond donors (Lipinski definition) is 2. The van der Waals surface area contributed by atoms with E-state index >= 15 is 0 Å². The zero-order valence-electron chi connectivity index (χ0n) is 9.14. The van der Waals surface area contributed by atoms with E-state index in [1.807, 2.05) is 37.3 Å². The molecule has 0 aliphatic carbocycles. The minimum atomic E-state index is 0.130. The molecule has 0 spiro atoms. The van der Waals surface area contributed by atoms with Crippen LogP contribution in [0, 0.1) is 0 Å². The molecule has 0 saturated heterocycles. The molecule has 4 nitrogen and oxygen atoms in total. The summed E-state index contributed by atoms with van der Waals surface area (Å²) in [5.74, 6) is 0.571. The van der Waals surface area contributed by atoms with Crippen molar-refractivity contribution in [2.24, 2.45) is 10.8 Å². The van der Waals surface area contributed by atoms with Gasteiger partial charge in [0, 0.05) is 0 Å². The van der Waals surface area contributed by atoms with Crippen LogP contribution in [0.3, 0.4) is 0 Å². The van der Waals surface area contributed by atoms with Gasteiger partial charge in [-0.25, -0.2) is 0 Å². The highest BCUT2D eigenvalue weighted by Gasteiger charge is 2.01. The lowest BCUT2D eigenvalue weighted by Gasteiger charge is -2.07. The Bertz CT molecular complexity index is 365. The highest BCUT2D eigenvalue weighted by molar-refractivity contribution is 7.80. The van der Waals surface area contributed by atoms with Crippen LogP contribution in [-0.4, -0.2) is 17.6 Å². The third-order valence-electron chi connectivity index (χ3n) is 1.80. The minimum absolute atomic E-state index is 0.130. The van der Waals surface area contributed by atoms with Gasteiger partial charge in [0.05, 0.1) is 13.0 Å². The number of thiocarbonyl (C=S) groups is 1. The van der Waals surface area contributed by atoms with Crippen molar-refractivity contribution >= 4 is 23.2 Å². The Labute approximate surface area is 100 Å². The number of nitrogens with two attached hydrogens (primary N) is 1. The van der Waals surface area contributed by atoms with E-state index in [4.69, 9.17) is 10.5 Å². The molecule has 0 saturated carbocycles. The number of nitrogens with zero attached hydrogens (tertiary/aromatic N) is 1. The molecule has 0 unspecified atom stereocenters. The van der Waals surface area contributed by atoms with Crippen molar-refractivity contribution in [2.75, 3.05) is 6.61 Å². The smallest absolute Gasteiger partial charge is 0.210 e. The molecule has 3 N–H and O–H groups in total. The van der Waals surface area contributed by atoms with Crippen molar-refractivity contribution in [1.82, 2.24) is 5.43 Å². The molecule has 5 heteroatoms. The quantitative estimate of drug-likeness (QED) is 0.360. The topological polar surface area (TPSA) is 59.6 Å². The molecule has 0 radical (unpaired) electrons. The Morgan fingerprint density at radius 2 is 2.12 bits per heavy atom. The fourth-order valence-corrected chi connectivity index (χ4v) is 1.22. The second kappa shape index (κ2) is 6.79. The Kier molecular flexibility index (Phi) is 5.28. The lowest BCUT2D eigenvalue weighted by molar-refractivity contribution is 0.317. The third kappa shape index (κ3) is 4.75. The molecule has 0 fully saturated rings. The van der Waals surface area contributed by atoms with Crippen molar-refractivity contribution in [1.29, 1.82) is 0 Å². The van der Waals surface area contributed by atoms with Crippen molar-refractivity contribution in [3.8, 4) is 0 Å². The predicted octanol–water partition coefficient (Wildman–Crippen LogP) is 1.41. The largest absolute Gasteiger partial charge is 0.480 e. The Balaban J connectivity index is 2.64. The summed E-state index contributed by atoms with van der Waals surface area (Å²) in [4.78, 5) is 0. The maximum absolute atomic E-state index is 5.37. The summed E-state index contributed by atoms with van der Waals surface area (Å²) < 4.78 is 5.37. The minimum Gasteiger partial charge on any atom is -0.480 e. The molecule has 0 aliphatic rings. The summed E-state index contributed by atoms with van der Waals surface area (Å²) >= 11 is 4.67. The molecule has 1 aromatic carbocycles. The number of benzene rings is 1. The lowest BCUT2D eigenvalue weighted by Crippen LogP contribution is -2.26. The van der Waals surface area contributed by atoms with Crippen molar-refractivity contribution in [3.63, 3.8) is 0 Å². The fraction of sp³-hybridized carbons (Fsp3) is 0.273. The number of ether oxygens (including phenoxy) is 1. The average Bonchev–Trinajstić information content (AvgIpc) is 2.27. The highest BCUT2D eigenvalue weighted by Crippen LogP contribution is 2.01. The van der Waals surface area contributed by atoms with E-state index in [1.54, 1.807) is 0 Å². The molecule has 1 aromatic rings. The zero-order valence-corrected chi connectivity index (χ0v) is 9.96. The Morgan fingerprint density at radius 3 is 2.69 bits per heavy atom. The summed E-state index contributed by atoms with van der Waals surface area (Å²) in [6.07, 6.45) is 0.615. The van der Waals surface area contributed by atoms with E-state index in [0.29, 0.717) is 18.9 Å². The summed E-state index contributed by atoms with van der Waals surface area (Å²) in [6.45, 7) is 2.46. The molecule has 0 heterocycles. The van der Waals surface area contributed by atoms with Crippen LogP contribution in [0.5, 0.6) is 0 Å². The fourth-order valence-electron chi connectivity index (χ4n) is 1.18. The van der Waals surface area contributed by atoms with Crippen LogP contribution in [0.1, 0.15) is 12.5 Å². The van der Waals surface area contributed by atoms with Crippen LogP contribution >= 0.6 is 12.2 Å². The van der Waals surface area contributed by atoms with Crippen LogP contribution in [0.2, 0.25) is 0 Å². The first-order valence-corrected chi connectivity index (χ1v) is 5.42. The number of hydrazone groups is 1. The van der Waals surface area contributed by atoms with Gasteiger partial charge in [0.1, 0.15) is 0 Å². The van der Waals surface area contributed by atoms with Crippen LogP contribution in [0.15, 0.2) is 35.4 Å². The van der Waals surface area contributed by atoms with Crippen LogP contribution in [0.4, 0.5) is 0 Å². The van der Waals surface area contributed by atoms with Gasteiger partial charge >= 0.3 is 0 Å². The maximum atomic E-state index is 5.37. The third-order valence-corrected chi connectivity index (χ3v) is 1.89. The van der Waals surface area contributed by atoms with E-state index in [0.717, 1.165) is 5.56 Å². The monoisotopic (exact) mass is 237 g/mol. The molecule has 86 valence electrons. The molecule has 16 heavy (non-hydrogen) atoms. The lowest BCUT2D eigenvalue weighted by atomic mass is 10.1. The number of rotatable bonds is 4. The molecule has 1 rings (SSSR count). The molecule has 0 amide bonds. The van der Waals surface area contributed by atoms with E-state index in [2.05, 4.69) is 22.7 Å². The first kappa shape index (κ1) is 12.4. The first-order chi connectivity index (χ1) is 7.72. The summed E-state index contributed by atoms with van der Waals surface area (Å²) in [7, 11) is 0. The molecular weight excluding hydrogens is 222 g/mol. The Hall–Kier alpha value is -1.62. The van der Waals surface area contributed by atoms with Gasteiger partial charge < -0.3 is 10.5 Å². The van der Waals surface area contributed by atoms with Gasteiger partial charge in [-0.05, 0) is 24.7 Å². The predicted molar refractivity (Wildman–Crippen MR) is 69.1 cm³/mol. The van der Waals surface area contributed by atoms with Crippen molar-refractivity contribution < 1.29 is 4.74 Å². The summed E-state index contributed by atoms with van der Waals surface area (Å²) in [5, 5.41) is 4.12. The normalized spacial score (nSPS) is 10.9. The van der Waals surface area contributed by atoms with Crippen LogP contribution < -0.4 is 11.2 Å². The molecular formula is C11H15N3OS. The highest BCUT2D eigenvalue weighted by atomic mass is 32.1.